The van der Waals surface area contributed by atoms with E-state index in [9.17, 15) is 4.79 Å². The number of pyridine rings is 1. The number of carbonyl (C=O) groups excluding carboxylic acids is 1. The highest BCUT2D eigenvalue weighted by atomic mass is 16.2. The van der Waals surface area contributed by atoms with Crippen molar-refractivity contribution in [3.05, 3.63) is 47.0 Å². The highest BCUT2D eigenvalue weighted by Crippen LogP contribution is 2.12. The van der Waals surface area contributed by atoms with Crippen LogP contribution in [-0.2, 0) is 24.8 Å². The third-order valence-electron chi connectivity index (χ3n) is 4.66. The first-order valence-electron chi connectivity index (χ1n) is 9.57. The predicted molar refractivity (Wildman–Crippen MR) is 111 cm³/mol. The van der Waals surface area contributed by atoms with Crippen molar-refractivity contribution >= 4 is 11.9 Å². The van der Waals surface area contributed by atoms with Crippen molar-refractivity contribution in [1.29, 1.82) is 0 Å². The quantitative estimate of drug-likeness (QED) is 0.526. The molecule has 2 aromatic heterocycles. The van der Waals surface area contributed by atoms with E-state index in [0.717, 1.165) is 35.6 Å². The second kappa shape index (κ2) is 10.4. The lowest BCUT2D eigenvalue weighted by atomic mass is 10.2. The van der Waals surface area contributed by atoms with Gasteiger partial charge in [-0.3, -0.25) is 14.5 Å². The fourth-order valence-electron chi connectivity index (χ4n) is 2.79. The number of nitrogens with zero attached hydrogens (tertiary/aromatic N) is 5. The van der Waals surface area contributed by atoms with Crippen molar-refractivity contribution in [3.8, 4) is 0 Å². The SMILES string of the molecule is CCNC(=NCc1c(C)nn(C)c1C)NCC(=O)N(C)CCc1ccccn1. The Labute approximate surface area is 167 Å². The first kappa shape index (κ1) is 21.4. The van der Waals surface area contributed by atoms with E-state index in [2.05, 4.69) is 25.7 Å². The van der Waals surface area contributed by atoms with Crippen molar-refractivity contribution in [1.82, 2.24) is 30.3 Å². The lowest BCUT2D eigenvalue weighted by Crippen LogP contribution is -2.44. The van der Waals surface area contributed by atoms with Crippen LogP contribution in [0.15, 0.2) is 29.4 Å². The molecule has 8 heteroatoms. The minimum Gasteiger partial charge on any atom is -0.357 e. The van der Waals surface area contributed by atoms with Crippen molar-refractivity contribution in [2.24, 2.45) is 12.0 Å². The number of aromatic nitrogens is 3. The number of aryl methyl sites for hydroxylation is 2. The number of hydrogen-bond donors (Lipinski definition) is 2. The average Bonchev–Trinajstić information content (AvgIpc) is 2.94. The number of aliphatic imine (C=N–C) groups is 1. The van der Waals surface area contributed by atoms with Gasteiger partial charge >= 0.3 is 0 Å². The maximum atomic E-state index is 12.4. The van der Waals surface area contributed by atoms with Crippen LogP contribution in [0.25, 0.3) is 0 Å². The Morgan fingerprint density at radius 3 is 2.68 bits per heavy atom. The maximum Gasteiger partial charge on any atom is 0.241 e. The molecule has 0 bridgehead atoms. The van der Waals surface area contributed by atoms with E-state index in [0.29, 0.717) is 19.0 Å². The van der Waals surface area contributed by atoms with Crippen molar-refractivity contribution in [2.75, 3.05) is 26.7 Å². The fourth-order valence-corrected chi connectivity index (χ4v) is 2.79. The molecule has 0 aliphatic carbocycles. The normalized spacial score (nSPS) is 11.4. The smallest absolute Gasteiger partial charge is 0.241 e. The number of nitrogens with one attached hydrogen (secondary N) is 2. The number of rotatable bonds is 8. The molecule has 0 aliphatic heterocycles. The van der Waals surface area contributed by atoms with Crippen LogP contribution in [0.4, 0.5) is 0 Å². The third-order valence-corrected chi connectivity index (χ3v) is 4.66. The highest BCUT2D eigenvalue weighted by molar-refractivity contribution is 5.86. The van der Waals surface area contributed by atoms with Gasteiger partial charge in [0.25, 0.3) is 0 Å². The van der Waals surface area contributed by atoms with Gasteiger partial charge in [0.05, 0.1) is 18.8 Å². The Kier molecular flexibility index (Phi) is 7.98. The summed E-state index contributed by atoms with van der Waals surface area (Å²) < 4.78 is 1.86. The van der Waals surface area contributed by atoms with Gasteiger partial charge in [-0.1, -0.05) is 6.07 Å². The zero-order valence-corrected chi connectivity index (χ0v) is 17.5. The number of guanidine groups is 1. The largest absolute Gasteiger partial charge is 0.357 e. The van der Waals surface area contributed by atoms with Crippen LogP contribution < -0.4 is 10.6 Å². The molecule has 2 N–H and O–H groups in total. The van der Waals surface area contributed by atoms with E-state index < -0.39 is 0 Å². The summed E-state index contributed by atoms with van der Waals surface area (Å²) in [7, 11) is 3.73. The average molecular weight is 386 g/mol. The minimum atomic E-state index is 0.00951. The van der Waals surface area contributed by atoms with E-state index >= 15 is 0 Å². The monoisotopic (exact) mass is 385 g/mol. The van der Waals surface area contributed by atoms with Gasteiger partial charge in [0, 0.05) is 56.8 Å². The topological polar surface area (TPSA) is 87.4 Å². The van der Waals surface area contributed by atoms with Gasteiger partial charge in [0.1, 0.15) is 0 Å². The van der Waals surface area contributed by atoms with Gasteiger partial charge in [-0.2, -0.15) is 5.10 Å². The molecular weight excluding hydrogens is 354 g/mol. The zero-order valence-electron chi connectivity index (χ0n) is 17.5. The number of hydrogen-bond acceptors (Lipinski definition) is 4. The van der Waals surface area contributed by atoms with Gasteiger partial charge in [0.15, 0.2) is 5.96 Å². The van der Waals surface area contributed by atoms with Gasteiger partial charge in [0.2, 0.25) is 5.91 Å². The number of likely N-dealkylation sites (N-methyl/N-ethyl adjacent to an activating group) is 1. The lowest BCUT2D eigenvalue weighted by Gasteiger charge is -2.18. The zero-order chi connectivity index (χ0) is 20.5. The van der Waals surface area contributed by atoms with Crippen molar-refractivity contribution in [3.63, 3.8) is 0 Å². The molecule has 0 unspecified atom stereocenters. The van der Waals surface area contributed by atoms with E-state index in [-0.39, 0.29) is 12.5 Å². The molecule has 0 saturated heterocycles. The summed E-state index contributed by atoms with van der Waals surface area (Å²) in [4.78, 5) is 23.0. The fraction of sp³-hybridized carbons (Fsp3) is 0.500. The van der Waals surface area contributed by atoms with Crippen LogP contribution in [0.1, 0.15) is 29.6 Å². The summed E-state index contributed by atoms with van der Waals surface area (Å²) in [5.74, 6) is 0.631. The van der Waals surface area contributed by atoms with E-state index in [1.165, 1.54) is 0 Å². The van der Waals surface area contributed by atoms with Gasteiger partial charge in [-0.25, -0.2) is 4.99 Å². The van der Waals surface area contributed by atoms with Crippen LogP contribution in [0.3, 0.4) is 0 Å². The molecule has 1 amide bonds. The summed E-state index contributed by atoms with van der Waals surface area (Å²) in [6.45, 7) is 8.07. The van der Waals surface area contributed by atoms with Crippen LogP contribution in [0, 0.1) is 13.8 Å². The molecule has 0 spiro atoms. The molecule has 0 atom stereocenters. The predicted octanol–water partition coefficient (Wildman–Crippen LogP) is 1.19. The molecule has 2 heterocycles. The molecule has 0 radical (unpaired) electrons. The number of amides is 1. The molecule has 0 saturated carbocycles. The van der Waals surface area contributed by atoms with Crippen molar-refractivity contribution in [2.45, 2.75) is 33.7 Å². The standard InChI is InChI=1S/C20H31N7O/c1-6-21-20(23-13-18-15(2)25-27(5)16(18)3)24-14-19(28)26(4)12-10-17-9-7-8-11-22-17/h7-9,11H,6,10,12-14H2,1-5H3,(H2,21,23,24). The Bertz CT molecular complexity index is 798. The Morgan fingerprint density at radius 1 is 1.29 bits per heavy atom. The Balaban J connectivity index is 1.88. The van der Waals surface area contributed by atoms with E-state index in [1.807, 2.05) is 50.7 Å². The summed E-state index contributed by atoms with van der Waals surface area (Å²) in [5.41, 5.74) is 4.16. The highest BCUT2D eigenvalue weighted by Gasteiger charge is 2.11. The molecule has 8 nitrogen and oxygen atoms in total. The first-order valence-corrected chi connectivity index (χ1v) is 9.57. The van der Waals surface area contributed by atoms with Gasteiger partial charge < -0.3 is 15.5 Å². The molecular formula is C20H31N7O. The van der Waals surface area contributed by atoms with Crippen LogP contribution in [0.5, 0.6) is 0 Å². The second-order valence-electron chi connectivity index (χ2n) is 6.71. The summed E-state index contributed by atoms with van der Waals surface area (Å²) >= 11 is 0. The minimum absolute atomic E-state index is 0.00951. The summed E-state index contributed by atoms with van der Waals surface area (Å²) in [5, 5.41) is 10.7. The molecule has 28 heavy (non-hydrogen) atoms. The van der Waals surface area contributed by atoms with Crippen LogP contribution >= 0.6 is 0 Å². The molecule has 152 valence electrons. The Hall–Kier alpha value is -2.90. The van der Waals surface area contributed by atoms with Crippen LogP contribution in [-0.4, -0.2) is 58.2 Å². The molecule has 0 fully saturated rings. The summed E-state index contributed by atoms with van der Waals surface area (Å²) in [6.07, 6.45) is 2.50. The molecule has 0 aliphatic rings. The molecule has 0 aromatic carbocycles. The number of carbonyl (C=O) groups is 1. The maximum absolute atomic E-state index is 12.4. The third kappa shape index (κ3) is 6.07. The molecule has 2 rings (SSSR count). The molecule has 2 aromatic rings. The van der Waals surface area contributed by atoms with Crippen molar-refractivity contribution < 1.29 is 4.79 Å². The Morgan fingerprint density at radius 2 is 2.07 bits per heavy atom. The summed E-state index contributed by atoms with van der Waals surface area (Å²) in [6, 6.07) is 5.81. The second-order valence-corrected chi connectivity index (χ2v) is 6.71. The lowest BCUT2D eigenvalue weighted by molar-refractivity contribution is -0.128. The van der Waals surface area contributed by atoms with Crippen LogP contribution in [0.2, 0.25) is 0 Å². The van der Waals surface area contributed by atoms with Gasteiger partial charge in [-0.15, -0.1) is 0 Å². The van der Waals surface area contributed by atoms with E-state index in [1.54, 1.807) is 18.1 Å². The first-order chi connectivity index (χ1) is 13.4. The van der Waals surface area contributed by atoms with Gasteiger partial charge in [-0.05, 0) is 32.9 Å². The van der Waals surface area contributed by atoms with E-state index in [4.69, 9.17) is 0 Å².